The molecule has 0 spiro atoms. The summed E-state index contributed by atoms with van der Waals surface area (Å²) in [4.78, 5) is 39.7. The summed E-state index contributed by atoms with van der Waals surface area (Å²) in [6, 6.07) is 16.3. The van der Waals surface area contributed by atoms with E-state index in [4.69, 9.17) is 28.4 Å². The Bertz CT molecular complexity index is 1270. The number of rotatable bonds is 5. The highest BCUT2D eigenvalue weighted by Crippen LogP contribution is 2.28. The fraction of sp³-hybridized carbons (Fsp3) is 0.192. The van der Waals surface area contributed by atoms with Crippen molar-refractivity contribution in [1.29, 1.82) is 0 Å². The summed E-state index contributed by atoms with van der Waals surface area (Å²) in [5.41, 5.74) is 4.42. The number of benzene rings is 3. The third kappa shape index (κ3) is 5.82. The molecule has 0 atom stereocenters. The topological polar surface area (TPSA) is 98.7 Å². The van der Waals surface area contributed by atoms with Crippen molar-refractivity contribution in [2.45, 2.75) is 19.3 Å². The molecule has 0 radical (unpaired) electrons. The van der Waals surface area contributed by atoms with Gasteiger partial charge in [-0.2, -0.15) is 0 Å². The molecule has 0 bridgehead atoms. The number of hydrogen-bond donors (Lipinski definition) is 3. The van der Waals surface area contributed by atoms with Gasteiger partial charge in [0.2, 0.25) is 0 Å². The molecule has 9 heteroatoms. The molecule has 0 saturated carbocycles. The largest absolute Gasteiger partial charge is 0.339 e. The smallest absolute Gasteiger partial charge is 0.274 e. The highest BCUT2D eigenvalue weighted by molar-refractivity contribution is 6.37. The van der Waals surface area contributed by atoms with Crippen LogP contribution in [0.3, 0.4) is 0 Å². The Kier molecular flexibility index (Phi) is 7.70. The first-order chi connectivity index (χ1) is 16.9. The third-order valence-electron chi connectivity index (χ3n) is 5.84. The maximum atomic E-state index is 13.3. The minimum Gasteiger partial charge on any atom is -0.339 e. The van der Waals surface area contributed by atoms with E-state index in [0.29, 0.717) is 34.9 Å². The van der Waals surface area contributed by atoms with Gasteiger partial charge in [0.25, 0.3) is 17.7 Å². The van der Waals surface area contributed by atoms with E-state index < -0.39 is 11.8 Å². The summed E-state index contributed by atoms with van der Waals surface area (Å²) < 4.78 is 0. The highest BCUT2D eigenvalue weighted by Gasteiger charge is 2.20. The number of amides is 3. The van der Waals surface area contributed by atoms with Crippen LogP contribution in [0, 0.1) is 0 Å². The van der Waals surface area contributed by atoms with Crippen molar-refractivity contribution in [2.75, 3.05) is 18.4 Å². The quantitative estimate of drug-likeness (QED) is 0.304. The molecule has 0 unspecified atom stereocenters. The fourth-order valence-electron chi connectivity index (χ4n) is 4.02. The van der Waals surface area contributed by atoms with Gasteiger partial charge in [0, 0.05) is 34.9 Å². The van der Waals surface area contributed by atoms with Gasteiger partial charge in [-0.3, -0.25) is 19.6 Å². The Morgan fingerprint density at radius 3 is 2.14 bits per heavy atom. The lowest BCUT2D eigenvalue weighted by molar-refractivity contribution is 0.0705. The molecule has 1 aliphatic heterocycles. The third-order valence-corrected chi connectivity index (χ3v) is 6.39. The van der Waals surface area contributed by atoms with Crippen LogP contribution in [0.4, 0.5) is 5.69 Å². The lowest BCUT2D eigenvalue weighted by Gasteiger charge is -2.27. The molecule has 1 heterocycles. The number of carbonyl (C=O) groups is 3. The summed E-state index contributed by atoms with van der Waals surface area (Å²) in [5, 5.41) is 12.3. The van der Waals surface area contributed by atoms with Crippen molar-refractivity contribution in [3.8, 4) is 11.1 Å². The van der Waals surface area contributed by atoms with Gasteiger partial charge in [-0.1, -0.05) is 35.3 Å². The van der Waals surface area contributed by atoms with Gasteiger partial charge in [0.15, 0.2) is 0 Å². The molecule has 0 aliphatic carbocycles. The van der Waals surface area contributed by atoms with Gasteiger partial charge in [0.05, 0.1) is 10.6 Å². The van der Waals surface area contributed by atoms with Gasteiger partial charge < -0.3 is 10.2 Å². The summed E-state index contributed by atoms with van der Waals surface area (Å²) in [7, 11) is 0. The van der Waals surface area contributed by atoms with Gasteiger partial charge >= 0.3 is 0 Å². The number of halogens is 2. The maximum absolute atomic E-state index is 13.3. The predicted octanol–water partition coefficient (Wildman–Crippen LogP) is 5.66. The Balaban J connectivity index is 1.70. The average Bonchev–Trinajstić information content (AvgIpc) is 2.88. The van der Waals surface area contributed by atoms with Crippen LogP contribution in [0.2, 0.25) is 10.0 Å². The Morgan fingerprint density at radius 2 is 1.49 bits per heavy atom. The van der Waals surface area contributed by atoms with E-state index in [1.54, 1.807) is 54.0 Å². The molecule has 180 valence electrons. The zero-order valence-corrected chi connectivity index (χ0v) is 20.2. The lowest BCUT2D eigenvalue weighted by Crippen LogP contribution is -2.35. The Labute approximate surface area is 212 Å². The van der Waals surface area contributed by atoms with E-state index in [0.717, 1.165) is 24.8 Å². The lowest BCUT2D eigenvalue weighted by atomic mass is 9.99. The van der Waals surface area contributed by atoms with Crippen molar-refractivity contribution >= 4 is 46.6 Å². The minimum atomic E-state index is -0.627. The number of anilines is 1. The van der Waals surface area contributed by atoms with Crippen LogP contribution in [-0.2, 0) is 0 Å². The molecule has 3 N–H and O–H groups in total. The number of piperidine rings is 1. The molecule has 1 saturated heterocycles. The Morgan fingerprint density at radius 1 is 0.771 bits per heavy atom. The van der Waals surface area contributed by atoms with Crippen LogP contribution in [0.5, 0.6) is 0 Å². The monoisotopic (exact) mass is 511 g/mol. The van der Waals surface area contributed by atoms with Crippen LogP contribution >= 0.6 is 23.2 Å². The number of nitrogens with zero attached hydrogens (tertiary/aromatic N) is 1. The molecule has 3 aromatic carbocycles. The molecule has 3 aromatic rings. The van der Waals surface area contributed by atoms with Gasteiger partial charge in [-0.25, -0.2) is 5.48 Å². The van der Waals surface area contributed by atoms with E-state index >= 15 is 0 Å². The zero-order chi connectivity index (χ0) is 24.9. The number of hydroxylamine groups is 1. The predicted molar refractivity (Wildman–Crippen MR) is 135 cm³/mol. The van der Waals surface area contributed by atoms with E-state index in [-0.39, 0.29) is 22.1 Å². The summed E-state index contributed by atoms with van der Waals surface area (Å²) in [6.45, 7) is 1.38. The van der Waals surface area contributed by atoms with Gasteiger partial charge in [-0.05, 0) is 78.9 Å². The number of carbonyl (C=O) groups excluding carboxylic acids is 3. The first kappa shape index (κ1) is 24.7. The number of hydrogen-bond acceptors (Lipinski definition) is 4. The molecule has 1 fully saturated rings. The zero-order valence-electron chi connectivity index (χ0n) is 18.7. The Hall–Kier alpha value is -3.39. The van der Waals surface area contributed by atoms with Crippen LogP contribution in [-0.4, -0.2) is 40.9 Å². The maximum Gasteiger partial charge on any atom is 0.274 e. The minimum absolute atomic E-state index is 0.108. The van der Waals surface area contributed by atoms with E-state index in [9.17, 15) is 14.4 Å². The molecular weight excluding hydrogens is 489 g/mol. The van der Waals surface area contributed by atoms with Crippen molar-refractivity contribution in [3.63, 3.8) is 0 Å². The molecular formula is C26H23Cl2N3O4. The molecule has 3 amide bonds. The second kappa shape index (κ2) is 10.9. The number of likely N-dealkylation sites (tertiary alicyclic amines) is 1. The highest BCUT2D eigenvalue weighted by atomic mass is 35.5. The van der Waals surface area contributed by atoms with E-state index in [1.807, 2.05) is 4.90 Å². The van der Waals surface area contributed by atoms with Gasteiger partial charge in [-0.15, -0.1) is 0 Å². The standard InChI is InChI=1S/C26H23Cl2N3O4/c27-20-8-9-22(23(28)15-20)25(33)29-21-13-18(16-4-6-17(7-5-16)24(32)30-35)12-19(14-21)26(34)31-10-2-1-3-11-31/h4-9,12-15,35H,1-3,10-11H2,(H,29,33)(H,30,32). The van der Waals surface area contributed by atoms with Crippen LogP contribution < -0.4 is 10.8 Å². The van der Waals surface area contributed by atoms with E-state index in [2.05, 4.69) is 5.32 Å². The van der Waals surface area contributed by atoms with Crippen LogP contribution in [0.1, 0.15) is 50.3 Å². The summed E-state index contributed by atoms with van der Waals surface area (Å²) in [5.74, 6) is -1.17. The first-order valence-corrected chi connectivity index (χ1v) is 11.9. The van der Waals surface area contributed by atoms with Crippen LogP contribution in [0.25, 0.3) is 11.1 Å². The fourth-order valence-corrected chi connectivity index (χ4v) is 4.51. The SMILES string of the molecule is O=C(NO)c1ccc(-c2cc(NC(=O)c3ccc(Cl)cc3Cl)cc(C(=O)N3CCCCC3)c2)cc1. The van der Waals surface area contributed by atoms with Crippen molar-refractivity contribution in [2.24, 2.45) is 0 Å². The van der Waals surface area contributed by atoms with Crippen LogP contribution in [0.15, 0.2) is 60.7 Å². The molecule has 1 aliphatic rings. The van der Waals surface area contributed by atoms with Gasteiger partial charge in [0.1, 0.15) is 0 Å². The first-order valence-electron chi connectivity index (χ1n) is 11.1. The number of nitrogens with one attached hydrogen (secondary N) is 2. The van der Waals surface area contributed by atoms with Crippen molar-refractivity contribution in [1.82, 2.24) is 10.4 Å². The molecule has 4 rings (SSSR count). The summed E-state index contributed by atoms with van der Waals surface area (Å²) >= 11 is 12.1. The summed E-state index contributed by atoms with van der Waals surface area (Å²) in [6.07, 6.45) is 3.01. The average molecular weight is 512 g/mol. The van der Waals surface area contributed by atoms with Crippen molar-refractivity contribution in [3.05, 3.63) is 87.4 Å². The normalized spacial score (nSPS) is 13.3. The molecule has 0 aromatic heterocycles. The van der Waals surface area contributed by atoms with Crippen molar-refractivity contribution < 1.29 is 19.6 Å². The van der Waals surface area contributed by atoms with E-state index in [1.165, 1.54) is 12.1 Å². The second-order valence-corrected chi connectivity index (χ2v) is 9.09. The second-order valence-electron chi connectivity index (χ2n) is 8.25. The molecule has 35 heavy (non-hydrogen) atoms. The molecule has 7 nitrogen and oxygen atoms in total.